The molecule has 0 aliphatic carbocycles. The van der Waals surface area contributed by atoms with Gasteiger partial charge in [-0.25, -0.2) is 36.7 Å². The van der Waals surface area contributed by atoms with Crippen molar-refractivity contribution in [1.82, 2.24) is 35.9 Å². The number of aromatic amines is 2. The van der Waals surface area contributed by atoms with Crippen molar-refractivity contribution in [2.24, 2.45) is 27.4 Å². The van der Waals surface area contributed by atoms with E-state index >= 15 is 0 Å². The Hall–Kier alpha value is -13.6. The minimum Gasteiger partial charge on any atom is -0.870 e. The van der Waals surface area contributed by atoms with Crippen LogP contribution in [0.15, 0.2) is 222 Å². The maximum Gasteiger partial charge on any atom is 1.00 e. The first-order valence-electron chi connectivity index (χ1n) is 44.7. The number of rotatable bonds is 28. The molecule has 2 aromatic heterocycles. The van der Waals surface area contributed by atoms with E-state index in [-0.39, 0.29) is 153 Å². The third-order valence-corrected chi connectivity index (χ3v) is 20.2. The number of anilines is 2. The number of nitrogens with zero attached hydrogens (tertiary/aromatic N) is 4. The zero-order valence-electron chi connectivity index (χ0n) is 80.2. The topological polar surface area (TPSA) is 507 Å². The molecule has 0 spiro atoms. The second-order valence-electron chi connectivity index (χ2n) is 32.7. The molecule has 2 atom stereocenters. The van der Waals surface area contributed by atoms with Crippen molar-refractivity contribution >= 4 is 116 Å². The van der Waals surface area contributed by atoms with E-state index in [1.807, 2.05) is 99.6 Å². The fraction of sp³-hybridized carbons (Fsp3) is 0.321. The summed E-state index contributed by atoms with van der Waals surface area (Å²) in [6.07, 6.45) is 6.68. The van der Waals surface area contributed by atoms with Gasteiger partial charge in [-0.1, -0.05) is 125 Å². The number of esters is 2. The number of carboxylic acid groups (broad SMARTS) is 3. The number of aliphatic imine (C=N–C) groups is 2. The van der Waals surface area contributed by atoms with Crippen LogP contribution in [0, 0.1) is 35.0 Å². The molecule has 0 saturated carbocycles. The van der Waals surface area contributed by atoms with Gasteiger partial charge in [0.15, 0.2) is 0 Å². The van der Waals surface area contributed by atoms with E-state index in [1.165, 1.54) is 73.5 Å². The third-order valence-electron chi connectivity index (χ3n) is 20.2. The van der Waals surface area contributed by atoms with Gasteiger partial charge in [0, 0.05) is 77.2 Å². The number of H-pyrrole nitrogens is 2. The Bertz CT molecular complexity index is 6040. The number of aliphatic hydroxyl groups is 1. The van der Waals surface area contributed by atoms with Gasteiger partial charge in [-0.05, 0) is 262 Å². The minimum atomic E-state index is -1.16. The van der Waals surface area contributed by atoms with Crippen molar-refractivity contribution in [2.75, 3.05) is 71.2 Å². The van der Waals surface area contributed by atoms with Crippen molar-refractivity contribution in [3.63, 3.8) is 0 Å². The number of carboxylic acids is 3. The van der Waals surface area contributed by atoms with Gasteiger partial charge in [-0.3, -0.25) is 43.5 Å². The minimum absolute atomic E-state index is 0. The quantitative estimate of drug-likeness (QED) is 0.00412. The summed E-state index contributed by atoms with van der Waals surface area (Å²) in [4.78, 5) is 112. The van der Waals surface area contributed by atoms with Crippen molar-refractivity contribution in [2.45, 2.75) is 158 Å². The number of aromatic nitrogens is 4. The number of nitrogens with one attached hydrogen (secondary N) is 5. The normalized spacial score (nSPS) is 11.7. The van der Waals surface area contributed by atoms with Crippen LogP contribution in [0.25, 0.3) is 77.7 Å². The third kappa shape index (κ3) is 46.3. The van der Waals surface area contributed by atoms with E-state index in [2.05, 4.69) is 57.5 Å². The summed E-state index contributed by atoms with van der Waals surface area (Å²) < 4.78 is 84.3. The molecule has 1 saturated heterocycles. The van der Waals surface area contributed by atoms with E-state index in [0.717, 1.165) is 159 Å². The van der Waals surface area contributed by atoms with Crippen LogP contribution in [0.5, 0.6) is 0 Å². The first-order chi connectivity index (χ1) is 66.0. The van der Waals surface area contributed by atoms with Crippen LogP contribution in [0.4, 0.5) is 49.5 Å². The maximum atomic E-state index is 13.2. The summed E-state index contributed by atoms with van der Waals surface area (Å²) in [6, 6.07) is 60.2. The summed E-state index contributed by atoms with van der Waals surface area (Å²) >= 11 is 0. The molecular formula is C106H130ClF5N13NaO17. The molecule has 37 heteroatoms. The van der Waals surface area contributed by atoms with Gasteiger partial charge in [0.05, 0.1) is 83.7 Å². The fourth-order valence-corrected chi connectivity index (χ4v) is 13.6. The Morgan fingerprint density at radius 2 is 0.846 bits per heavy atom. The molecule has 143 heavy (non-hydrogen) atoms. The molecule has 5 heterocycles. The summed E-state index contributed by atoms with van der Waals surface area (Å²) in [6.45, 7) is 16.8. The van der Waals surface area contributed by atoms with Crippen LogP contribution in [0.2, 0.25) is 0 Å². The zero-order chi connectivity index (χ0) is 101. The Morgan fingerprint density at radius 3 is 1.21 bits per heavy atom. The summed E-state index contributed by atoms with van der Waals surface area (Å²) in [5.74, 6) is -3.86. The van der Waals surface area contributed by atoms with Crippen molar-refractivity contribution in [1.29, 1.82) is 0 Å². The van der Waals surface area contributed by atoms with Gasteiger partial charge in [-0.15, -0.1) is 12.4 Å². The van der Waals surface area contributed by atoms with E-state index < -0.39 is 42.0 Å². The molecule has 30 nitrogen and oxygen atoms in total. The maximum absolute atomic E-state index is 13.2. The molecule has 764 valence electrons. The Balaban J connectivity index is 0.000000579. The predicted molar refractivity (Wildman–Crippen MR) is 548 cm³/mol. The number of carbonyl (C=O) groups is 8. The smallest absolute Gasteiger partial charge is 0.870 e. The predicted octanol–water partition coefficient (Wildman–Crippen LogP) is 16.4. The number of halogens is 6. The number of amides is 3. The number of hydrogen-bond donors (Lipinski definition) is 13. The fourth-order valence-electron chi connectivity index (χ4n) is 13.6. The molecule has 0 unspecified atom stereocenters. The van der Waals surface area contributed by atoms with Crippen molar-refractivity contribution < 1.29 is 135 Å². The number of aliphatic carboxylic acids is 3. The van der Waals surface area contributed by atoms with Gasteiger partial charge in [-0.2, -0.15) is 0 Å². The molecule has 10 aromatic carbocycles. The summed E-state index contributed by atoms with van der Waals surface area (Å²) in [5.41, 5.74) is 41.2. The molecule has 3 amide bonds. The molecule has 3 aliphatic heterocycles. The number of alkyl carbamates (subject to hydrolysis) is 1. The Kier molecular flexibility index (Phi) is 57.4. The van der Waals surface area contributed by atoms with Gasteiger partial charge in [0.2, 0.25) is 11.8 Å². The first kappa shape index (κ1) is 125. The number of hydrogen-bond acceptors (Lipinski definition) is 22. The van der Waals surface area contributed by atoms with Crippen LogP contribution in [-0.2, 0) is 78.2 Å². The van der Waals surface area contributed by atoms with Crippen LogP contribution in [0.1, 0.15) is 144 Å². The van der Waals surface area contributed by atoms with Crippen LogP contribution >= 0.6 is 12.4 Å². The Morgan fingerprint density at radius 1 is 0.483 bits per heavy atom. The average molecular weight is 2010 g/mol. The van der Waals surface area contributed by atoms with E-state index in [9.17, 15) is 55.5 Å². The molecule has 3 aliphatic rings. The van der Waals surface area contributed by atoms with Gasteiger partial charge < -0.3 is 93.7 Å². The van der Waals surface area contributed by atoms with Crippen molar-refractivity contribution in [3.8, 4) is 55.6 Å². The SMILES string of the molecule is C.C.C1CCOC1.CC(=O)O.CCOC(=O)CC(=O)O.CCOC(=O)CC1=Nc2cc(-c3ccc(F)cc3)ccc2C1.CO.C[C@@H](CCCNC(=O)OC(C)(C)C)CNC(=O)Cc1nc2ccc(-c3ccc(F)cc3)cc2[nH]1.Cl.NCCC[C@H](N)CNC(=O)Cc1nc2ccc(-c3ccc(F)cc3)cc2[nH]1.Nc1ccc(-c2ccc(F)cc2)cc1N.O=C(O)CC1=Nc2cc(-c3ccc(F)cc3)ccc2C1.[Na+].[OH-]. The number of nitrogens with two attached hydrogens (primary N) is 4. The summed E-state index contributed by atoms with van der Waals surface area (Å²) in [5, 5.41) is 39.7. The second kappa shape index (κ2) is 65.5. The monoisotopic (exact) mass is 2010 g/mol. The molecule has 0 bridgehead atoms. The zero-order valence-corrected chi connectivity index (χ0v) is 83.1. The second-order valence-corrected chi connectivity index (χ2v) is 32.7. The number of imidazole rings is 2. The Labute approximate surface area is 858 Å². The number of ether oxygens (including phenoxy) is 4. The number of carbonyl (C=O) groups excluding carboxylic acids is 5. The van der Waals surface area contributed by atoms with Gasteiger partial charge in [0.1, 0.15) is 52.8 Å². The molecule has 0 radical (unpaired) electrons. The molecule has 15 rings (SSSR count). The van der Waals surface area contributed by atoms with Crippen molar-refractivity contribution in [3.05, 3.63) is 264 Å². The van der Waals surface area contributed by atoms with E-state index in [0.29, 0.717) is 74.4 Å². The standard InChI is InChI=1S/C26H33FN4O3.C20H24FN5O.C18H16FNO2.C16H12FNO2.C12H11FN2.C5H8O4.C4H8O.C2H4O2.CH4O.2CH4.ClH.Na.H2O/c1-17(6-5-13-28-25(33)34-26(2,3)4)16-29-24(32)15-23-30-21-12-9-19(14-22(21)31-23)18-7-10-20(27)11-8-18;21-15-6-3-13(4-7-15)14-5-8-17-18(10-14)26-19(25-17)11-20(27)24-12-16(23)2-1-9-22;1-2-22-18(21)11-16-9-14-4-3-13(10-17(14)20-16)12-5-7-15(19)8-6-12;17-13-5-3-10(4-6-13)11-1-2-12-7-14(9-16(19)20)18-15(12)8-11;13-10-4-1-8(2-5-10)9-3-6-11(14)12(15)7-9;1-2-9-5(8)3-4(6)7;1-2-4-5-3-1;1-2(3)4;1-2;;;;;/h7-12,14,17H,5-6,13,15-16H2,1-4H3,(H,28,33)(H,29,32)(H,30,31);3-8,10,16H,1-2,9,11-12,22-23H2,(H,24,27)(H,25,26);3-8,10H,2,9,11H2,1H3;1-6,8H,7,9H2,(H,19,20);1-7H,14-15H2;2-3H2,1H3,(H,6,7);1-4H2;1H3,(H,3,4);2H,1H3;2*1H4;1H;;1H2/q;;;;;;;;;;;;+1;/p-1/t17-;16-;;;;;;;;;;;;/m00............/s1. The number of nitrogen functional groups attached to an aromatic ring is 2. The molecule has 18 N–H and O–H groups in total. The molecule has 12 aromatic rings. The number of benzene rings is 10. The average Bonchev–Trinajstić information content (AvgIpc) is 1.69. The van der Waals surface area contributed by atoms with Gasteiger partial charge >= 0.3 is 59.5 Å². The number of fused-ring (bicyclic) bond motifs is 4. The van der Waals surface area contributed by atoms with Crippen LogP contribution < -0.4 is 68.4 Å². The van der Waals surface area contributed by atoms with Crippen LogP contribution in [0.3, 0.4) is 0 Å². The molecular weight excluding hydrogens is 1880 g/mol. The van der Waals surface area contributed by atoms with Gasteiger partial charge in [0.25, 0.3) is 5.97 Å². The van der Waals surface area contributed by atoms with E-state index in [4.69, 9.17) is 62.4 Å². The number of aliphatic hydroxyl groups excluding tert-OH is 1. The van der Waals surface area contributed by atoms with Crippen LogP contribution in [-0.4, -0.2) is 176 Å². The van der Waals surface area contributed by atoms with E-state index in [1.54, 1.807) is 86.6 Å². The summed E-state index contributed by atoms with van der Waals surface area (Å²) in [7, 11) is 1.00. The molecule has 1 fully saturated rings. The largest absolute Gasteiger partial charge is 1.00 e. The first-order valence-corrected chi connectivity index (χ1v) is 44.7.